The summed E-state index contributed by atoms with van der Waals surface area (Å²) in [6.45, 7) is 7.43. The van der Waals surface area contributed by atoms with Gasteiger partial charge in [0, 0.05) is 17.8 Å². The quantitative estimate of drug-likeness (QED) is 0.773. The van der Waals surface area contributed by atoms with Gasteiger partial charge in [0.05, 0.1) is 0 Å². The second-order valence-electron chi connectivity index (χ2n) is 5.76. The fourth-order valence-electron chi connectivity index (χ4n) is 2.50. The van der Waals surface area contributed by atoms with E-state index in [-0.39, 0.29) is 17.2 Å². The van der Waals surface area contributed by atoms with E-state index in [0.29, 0.717) is 5.92 Å². The Balaban J connectivity index is 2.35. The molecule has 2 unspecified atom stereocenters. The first-order valence-corrected chi connectivity index (χ1v) is 7.43. The average Bonchev–Trinajstić information content (AvgIpc) is 2.55. The number of halogens is 1. The minimum atomic E-state index is 0.197. The van der Waals surface area contributed by atoms with Gasteiger partial charge in [0.1, 0.15) is 0 Å². The van der Waals surface area contributed by atoms with Gasteiger partial charge < -0.3 is 5.32 Å². The number of amides is 1. The molecule has 0 saturated heterocycles. The predicted molar refractivity (Wildman–Crippen MR) is 71.7 cm³/mol. The van der Waals surface area contributed by atoms with Crippen LogP contribution in [-0.4, -0.2) is 17.8 Å². The number of carbonyl (C=O) groups excluding carboxylic acids is 1. The first kappa shape index (κ1) is 14.0. The summed E-state index contributed by atoms with van der Waals surface area (Å²) in [7, 11) is 0. The highest BCUT2D eigenvalue weighted by Gasteiger charge is 2.39. The number of carbonyl (C=O) groups is 1. The minimum Gasteiger partial charge on any atom is -0.356 e. The first-order valence-electron chi connectivity index (χ1n) is 6.31. The van der Waals surface area contributed by atoms with Crippen LogP contribution in [0.1, 0.15) is 46.5 Å². The molecule has 0 spiro atoms. The molecular weight excluding hydrogens is 266 g/mol. The van der Waals surface area contributed by atoms with Gasteiger partial charge in [-0.3, -0.25) is 4.79 Å². The lowest BCUT2D eigenvalue weighted by Crippen LogP contribution is -2.38. The summed E-state index contributed by atoms with van der Waals surface area (Å²) in [4.78, 5) is 12.0. The third-order valence-electron chi connectivity index (χ3n) is 3.80. The van der Waals surface area contributed by atoms with Crippen molar-refractivity contribution in [1.82, 2.24) is 5.32 Å². The molecule has 3 heteroatoms. The molecule has 1 aliphatic carbocycles. The highest BCUT2D eigenvalue weighted by atomic mass is 79.9. The Bertz CT molecular complexity index is 240. The smallest absolute Gasteiger partial charge is 0.223 e. The maximum absolute atomic E-state index is 12.0. The Labute approximate surface area is 108 Å². The van der Waals surface area contributed by atoms with Crippen LogP contribution >= 0.6 is 15.9 Å². The monoisotopic (exact) mass is 289 g/mol. The molecule has 0 bridgehead atoms. The van der Waals surface area contributed by atoms with E-state index in [9.17, 15) is 4.79 Å². The third-order valence-corrected chi connectivity index (χ3v) is 4.26. The Morgan fingerprint density at radius 2 is 2.25 bits per heavy atom. The van der Waals surface area contributed by atoms with E-state index in [1.54, 1.807) is 0 Å². The molecule has 0 aromatic carbocycles. The van der Waals surface area contributed by atoms with Crippen molar-refractivity contribution < 1.29 is 4.79 Å². The molecule has 0 heterocycles. The van der Waals surface area contributed by atoms with E-state index >= 15 is 0 Å². The molecule has 1 rings (SSSR count). The van der Waals surface area contributed by atoms with Crippen molar-refractivity contribution in [3.63, 3.8) is 0 Å². The second-order valence-corrected chi connectivity index (χ2v) is 6.55. The number of hydrogen-bond acceptors (Lipinski definition) is 1. The maximum atomic E-state index is 12.0. The molecule has 16 heavy (non-hydrogen) atoms. The molecular formula is C13H24BrNO. The SMILES string of the molecule is CC(CCBr)CNC(=O)C1CCCC1(C)C. The zero-order valence-electron chi connectivity index (χ0n) is 10.7. The number of hydrogen-bond donors (Lipinski definition) is 1. The zero-order chi connectivity index (χ0) is 12.2. The summed E-state index contributed by atoms with van der Waals surface area (Å²) in [6.07, 6.45) is 4.56. The average molecular weight is 290 g/mol. The van der Waals surface area contributed by atoms with Gasteiger partial charge >= 0.3 is 0 Å². The van der Waals surface area contributed by atoms with Crippen molar-refractivity contribution in [3.05, 3.63) is 0 Å². The summed E-state index contributed by atoms with van der Waals surface area (Å²) in [5.41, 5.74) is 0.197. The molecule has 2 atom stereocenters. The Hall–Kier alpha value is -0.0500. The largest absolute Gasteiger partial charge is 0.356 e. The zero-order valence-corrected chi connectivity index (χ0v) is 12.3. The Kier molecular flexibility index (Phi) is 5.29. The van der Waals surface area contributed by atoms with Crippen LogP contribution in [-0.2, 0) is 4.79 Å². The van der Waals surface area contributed by atoms with Gasteiger partial charge in [0.15, 0.2) is 0 Å². The summed E-state index contributed by atoms with van der Waals surface area (Å²) < 4.78 is 0. The van der Waals surface area contributed by atoms with E-state index in [4.69, 9.17) is 0 Å². The second kappa shape index (κ2) is 6.04. The molecule has 0 aromatic rings. The maximum Gasteiger partial charge on any atom is 0.223 e. The lowest BCUT2D eigenvalue weighted by Gasteiger charge is -2.26. The summed E-state index contributed by atoms with van der Waals surface area (Å²) in [5.74, 6) is 1.06. The van der Waals surface area contributed by atoms with Crippen LogP contribution < -0.4 is 5.32 Å². The Morgan fingerprint density at radius 3 is 2.75 bits per heavy atom. The van der Waals surface area contributed by atoms with Crippen molar-refractivity contribution in [3.8, 4) is 0 Å². The number of alkyl halides is 1. The van der Waals surface area contributed by atoms with Crippen LogP contribution in [0.25, 0.3) is 0 Å². The van der Waals surface area contributed by atoms with Crippen LogP contribution in [0.2, 0.25) is 0 Å². The van der Waals surface area contributed by atoms with Crippen LogP contribution in [0.5, 0.6) is 0 Å². The minimum absolute atomic E-state index is 0.197. The fraction of sp³-hybridized carbons (Fsp3) is 0.923. The van der Waals surface area contributed by atoms with Crippen LogP contribution in [0.4, 0.5) is 0 Å². The van der Waals surface area contributed by atoms with Gasteiger partial charge in [-0.1, -0.05) is 43.1 Å². The van der Waals surface area contributed by atoms with Gasteiger partial charge in [-0.05, 0) is 30.6 Å². The first-order chi connectivity index (χ1) is 7.47. The van der Waals surface area contributed by atoms with Gasteiger partial charge in [0.2, 0.25) is 5.91 Å². The molecule has 1 amide bonds. The van der Waals surface area contributed by atoms with Gasteiger partial charge in [-0.15, -0.1) is 0 Å². The van der Waals surface area contributed by atoms with E-state index in [0.717, 1.165) is 24.7 Å². The standard InChI is InChI=1S/C13H24BrNO/c1-10(6-8-14)9-15-12(16)11-5-4-7-13(11,2)3/h10-11H,4-9H2,1-3H3,(H,15,16). The van der Waals surface area contributed by atoms with Gasteiger partial charge in [-0.25, -0.2) is 0 Å². The van der Waals surface area contributed by atoms with Crippen LogP contribution in [0.15, 0.2) is 0 Å². The molecule has 2 nitrogen and oxygen atoms in total. The Morgan fingerprint density at radius 1 is 1.56 bits per heavy atom. The van der Waals surface area contributed by atoms with E-state index in [2.05, 4.69) is 42.0 Å². The fourth-order valence-corrected chi connectivity index (χ4v) is 3.28. The predicted octanol–water partition coefficient (Wildman–Crippen LogP) is 3.35. The third kappa shape index (κ3) is 3.76. The van der Waals surface area contributed by atoms with Gasteiger partial charge in [0.25, 0.3) is 0 Å². The lowest BCUT2D eigenvalue weighted by atomic mass is 9.81. The summed E-state index contributed by atoms with van der Waals surface area (Å²) in [5, 5.41) is 4.12. The number of rotatable bonds is 5. The van der Waals surface area contributed by atoms with Crippen molar-refractivity contribution in [2.75, 3.05) is 11.9 Å². The van der Waals surface area contributed by atoms with E-state index in [1.807, 2.05) is 0 Å². The van der Waals surface area contributed by atoms with Crippen molar-refractivity contribution in [1.29, 1.82) is 0 Å². The van der Waals surface area contributed by atoms with Crippen LogP contribution in [0.3, 0.4) is 0 Å². The summed E-state index contributed by atoms with van der Waals surface area (Å²) >= 11 is 3.43. The number of nitrogens with one attached hydrogen (secondary N) is 1. The molecule has 1 saturated carbocycles. The molecule has 1 N–H and O–H groups in total. The summed E-state index contributed by atoms with van der Waals surface area (Å²) in [6, 6.07) is 0. The highest BCUT2D eigenvalue weighted by molar-refractivity contribution is 9.09. The molecule has 94 valence electrons. The van der Waals surface area contributed by atoms with Crippen LogP contribution in [0, 0.1) is 17.3 Å². The molecule has 1 aliphatic rings. The van der Waals surface area contributed by atoms with E-state index in [1.165, 1.54) is 12.8 Å². The van der Waals surface area contributed by atoms with Crippen molar-refractivity contribution in [2.45, 2.75) is 46.5 Å². The topological polar surface area (TPSA) is 29.1 Å². The molecule has 1 fully saturated rings. The van der Waals surface area contributed by atoms with Crippen molar-refractivity contribution >= 4 is 21.8 Å². The lowest BCUT2D eigenvalue weighted by molar-refractivity contribution is -0.127. The normalized spacial score (nSPS) is 25.4. The molecule has 0 radical (unpaired) electrons. The molecule has 0 aliphatic heterocycles. The van der Waals surface area contributed by atoms with Gasteiger partial charge in [-0.2, -0.15) is 0 Å². The van der Waals surface area contributed by atoms with E-state index < -0.39 is 0 Å². The molecule has 0 aromatic heterocycles. The van der Waals surface area contributed by atoms with Crippen molar-refractivity contribution in [2.24, 2.45) is 17.3 Å². The highest BCUT2D eigenvalue weighted by Crippen LogP contribution is 2.42.